The number of aromatic nitrogens is 1. The number of hydrogen-bond donors (Lipinski definition) is 2. The molecule has 1 aliphatic rings. The Bertz CT molecular complexity index is 862. The lowest BCUT2D eigenvalue weighted by Gasteiger charge is -2.24. The van der Waals surface area contributed by atoms with Crippen molar-refractivity contribution in [3.8, 4) is 5.75 Å². The Labute approximate surface area is 156 Å². The van der Waals surface area contributed by atoms with Crippen molar-refractivity contribution in [1.29, 1.82) is 0 Å². The van der Waals surface area contributed by atoms with Crippen LogP contribution in [-0.2, 0) is 9.59 Å². The van der Waals surface area contributed by atoms with Crippen LogP contribution in [0.4, 0.5) is 0 Å². The molecule has 1 aliphatic heterocycles. The number of carbonyl (C=O) groups excluding carboxylic acids is 2. The van der Waals surface area contributed by atoms with Gasteiger partial charge in [-0.2, -0.15) is 0 Å². The molecule has 140 valence electrons. The molecule has 0 spiro atoms. The predicted octanol–water partition coefficient (Wildman–Crippen LogP) is 1.89. The van der Waals surface area contributed by atoms with E-state index in [1.54, 1.807) is 48.7 Å². The average Bonchev–Trinajstić information content (AvgIpc) is 2.97. The first-order valence-electron chi connectivity index (χ1n) is 8.53. The molecule has 27 heavy (non-hydrogen) atoms. The summed E-state index contributed by atoms with van der Waals surface area (Å²) in [7, 11) is 1.53. The number of carbonyl (C=O) groups is 2. The van der Waals surface area contributed by atoms with Crippen molar-refractivity contribution < 1.29 is 24.5 Å². The van der Waals surface area contributed by atoms with Gasteiger partial charge in [-0.1, -0.05) is 6.07 Å². The Balaban J connectivity index is 2.11. The van der Waals surface area contributed by atoms with Gasteiger partial charge in [-0.05, 0) is 42.8 Å². The molecule has 7 nitrogen and oxygen atoms in total. The van der Waals surface area contributed by atoms with Crippen LogP contribution in [0.5, 0.6) is 5.75 Å². The highest BCUT2D eigenvalue weighted by Gasteiger charge is 2.46. The molecule has 1 atom stereocenters. The van der Waals surface area contributed by atoms with E-state index in [4.69, 9.17) is 9.84 Å². The van der Waals surface area contributed by atoms with Crippen molar-refractivity contribution in [2.75, 3.05) is 20.3 Å². The van der Waals surface area contributed by atoms with E-state index in [2.05, 4.69) is 4.98 Å². The van der Waals surface area contributed by atoms with Crippen LogP contribution < -0.4 is 4.74 Å². The summed E-state index contributed by atoms with van der Waals surface area (Å²) in [6, 6.07) is 10.9. The van der Waals surface area contributed by atoms with Gasteiger partial charge in [0, 0.05) is 24.9 Å². The fraction of sp³-hybridized carbons (Fsp3) is 0.250. The maximum Gasteiger partial charge on any atom is 0.295 e. The topological polar surface area (TPSA) is 100.0 Å². The summed E-state index contributed by atoms with van der Waals surface area (Å²) in [5.74, 6) is -1.14. The van der Waals surface area contributed by atoms with Crippen LogP contribution >= 0.6 is 0 Å². The number of benzene rings is 1. The lowest BCUT2D eigenvalue weighted by molar-refractivity contribution is -0.140. The monoisotopic (exact) mass is 368 g/mol. The number of aliphatic hydroxyl groups is 2. The molecular formula is C20H20N2O5. The summed E-state index contributed by atoms with van der Waals surface area (Å²) in [5, 5.41) is 19.9. The molecular weight excluding hydrogens is 348 g/mol. The van der Waals surface area contributed by atoms with Gasteiger partial charge in [0.2, 0.25) is 0 Å². The summed E-state index contributed by atoms with van der Waals surface area (Å²) < 4.78 is 5.10. The van der Waals surface area contributed by atoms with E-state index in [1.165, 1.54) is 12.0 Å². The van der Waals surface area contributed by atoms with Crippen molar-refractivity contribution in [2.24, 2.45) is 0 Å². The van der Waals surface area contributed by atoms with Gasteiger partial charge in [-0.3, -0.25) is 14.6 Å². The lowest BCUT2D eigenvalue weighted by Crippen LogP contribution is -2.31. The maximum absolute atomic E-state index is 12.7. The van der Waals surface area contributed by atoms with Gasteiger partial charge < -0.3 is 19.8 Å². The number of rotatable bonds is 6. The number of Topliss-reactive ketones (excluding diaryl/α,β-unsaturated/α-hetero) is 1. The van der Waals surface area contributed by atoms with Gasteiger partial charge in [0.15, 0.2) is 0 Å². The second-order valence-corrected chi connectivity index (χ2v) is 6.05. The van der Waals surface area contributed by atoms with Gasteiger partial charge in [0.05, 0.1) is 18.4 Å². The molecule has 1 fully saturated rings. The first-order valence-corrected chi connectivity index (χ1v) is 8.53. The second-order valence-electron chi connectivity index (χ2n) is 6.05. The number of ketones is 1. The van der Waals surface area contributed by atoms with Crippen LogP contribution in [-0.4, -0.2) is 52.0 Å². The number of hydrogen-bond acceptors (Lipinski definition) is 6. The Morgan fingerprint density at radius 3 is 2.52 bits per heavy atom. The fourth-order valence-electron chi connectivity index (χ4n) is 3.10. The van der Waals surface area contributed by atoms with Gasteiger partial charge in [-0.15, -0.1) is 0 Å². The van der Waals surface area contributed by atoms with Crippen molar-refractivity contribution in [3.05, 3.63) is 65.5 Å². The largest absolute Gasteiger partial charge is 0.507 e. The lowest BCUT2D eigenvalue weighted by atomic mass is 9.98. The fourth-order valence-corrected chi connectivity index (χ4v) is 3.10. The molecule has 7 heteroatoms. The van der Waals surface area contributed by atoms with Gasteiger partial charge >= 0.3 is 0 Å². The number of aliphatic hydroxyl groups excluding tert-OH is 2. The number of amides is 1. The Hall–Kier alpha value is -3.19. The first kappa shape index (κ1) is 18.6. The third-order valence-corrected chi connectivity index (χ3v) is 4.43. The summed E-state index contributed by atoms with van der Waals surface area (Å²) >= 11 is 0. The molecule has 1 saturated heterocycles. The van der Waals surface area contributed by atoms with Crippen LogP contribution in [0.3, 0.4) is 0 Å². The predicted molar refractivity (Wildman–Crippen MR) is 97.9 cm³/mol. The number of nitrogens with zero attached hydrogens (tertiary/aromatic N) is 2. The van der Waals surface area contributed by atoms with Crippen LogP contribution in [0.2, 0.25) is 0 Å². The normalized spacial score (nSPS) is 18.7. The van der Waals surface area contributed by atoms with Gasteiger partial charge in [0.25, 0.3) is 11.7 Å². The van der Waals surface area contributed by atoms with Crippen molar-refractivity contribution >= 4 is 17.4 Å². The number of likely N-dealkylation sites (tertiary alicyclic amines) is 1. The summed E-state index contributed by atoms with van der Waals surface area (Å²) in [6.07, 6.45) is 1.88. The highest BCUT2D eigenvalue weighted by atomic mass is 16.5. The van der Waals surface area contributed by atoms with Crippen LogP contribution in [0.1, 0.15) is 23.7 Å². The Kier molecular flexibility index (Phi) is 5.52. The SMILES string of the molecule is COc1ccc(C(O)=C2C(=O)C(=O)N(CCCO)C2c2ccccn2)cc1. The molecule has 3 rings (SSSR count). The van der Waals surface area contributed by atoms with Crippen molar-refractivity contribution in [3.63, 3.8) is 0 Å². The second kappa shape index (κ2) is 8.01. The maximum atomic E-state index is 12.7. The molecule has 1 aromatic heterocycles. The summed E-state index contributed by atoms with van der Waals surface area (Å²) in [5.41, 5.74) is 0.864. The quantitative estimate of drug-likeness (QED) is 0.459. The number of ether oxygens (including phenoxy) is 1. The third-order valence-electron chi connectivity index (χ3n) is 4.43. The number of methoxy groups -OCH3 is 1. The molecule has 1 unspecified atom stereocenters. The van der Waals surface area contributed by atoms with E-state index in [1.807, 2.05) is 0 Å². The molecule has 2 aromatic rings. The average molecular weight is 368 g/mol. The Morgan fingerprint density at radius 2 is 1.93 bits per heavy atom. The number of pyridine rings is 1. The minimum absolute atomic E-state index is 0.0122. The minimum Gasteiger partial charge on any atom is -0.507 e. The van der Waals surface area contributed by atoms with E-state index < -0.39 is 17.7 Å². The molecule has 1 amide bonds. The van der Waals surface area contributed by atoms with E-state index in [-0.39, 0.29) is 24.5 Å². The van der Waals surface area contributed by atoms with E-state index in [9.17, 15) is 14.7 Å². The highest BCUT2D eigenvalue weighted by molar-refractivity contribution is 6.46. The molecule has 1 aromatic carbocycles. The van der Waals surface area contributed by atoms with Crippen LogP contribution in [0, 0.1) is 0 Å². The smallest absolute Gasteiger partial charge is 0.295 e. The highest BCUT2D eigenvalue weighted by Crippen LogP contribution is 2.38. The minimum atomic E-state index is -0.806. The van der Waals surface area contributed by atoms with E-state index in [0.717, 1.165) is 0 Å². The van der Waals surface area contributed by atoms with Crippen molar-refractivity contribution in [1.82, 2.24) is 9.88 Å². The molecule has 2 heterocycles. The molecule has 0 radical (unpaired) electrons. The zero-order chi connectivity index (χ0) is 19.4. The van der Waals surface area contributed by atoms with E-state index in [0.29, 0.717) is 23.4 Å². The molecule has 0 saturated carbocycles. The zero-order valence-corrected chi connectivity index (χ0v) is 14.8. The zero-order valence-electron chi connectivity index (χ0n) is 14.8. The third kappa shape index (κ3) is 3.54. The standard InChI is InChI=1S/C20H20N2O5/c1-27-14-8-6-13(7-9-14)18(24)16-17(15-5-2-3-10-21-15)22(11-4-12-23)20(26)19(16)25/h2-3,5-10,17,23-24H,4,11-12H2,1H3. The molecule has 0 aliphatic carbocycles. The van der Waals surface area contributed by atoms with Crippen LogP contribution in [0.25, 0.3) is 5.76 Å². The first-order chi connectivity index (χ1) is 13.1. The summed E-state index contributed by atoms with van der Waals surface area (Å²) in [6.45, 7) is 0.0676. The van der Waals surface area contributed by atoms with Crippen molar-refractivity contribution in [2.45, 2.75) is 12.5 Å². The Morgan fingerprint density at radius 1 is 1.19 bits per heavy atom. The van der Waals surface area contributed by atoms with Gasteiger partial charge in [-0.25, -0.2) is 0 Å². The molecule has 0 bridgehead atoms. The van der Waals surface area contributed by atoms with Crippen LogP contribution in [0.15, 0.2) is 54.2 Å². The van der Waals surface area contributed by atoms with E-state index >= 15 is 0 Å². The van der Waals surface area contributed by atoms with Gasteiger partial charge in [0.1, 0.15) is 17.6 Å². The summed E-state index contributed by atoms with van der Waals surface area (Å²) in [4.78, 5) is 30.8. The molecule has 2 N–H and O–H groups in total.